The van der Waals surface area contributed by atoms with Crippen molar-refractivity contribution >= 4 is 34.5 Å². The van der Waals surface area contributed by atoms with Gasteiger partial charge >= 0.3 is 7.12 Å². The summed E-state index contributed by atoms with van der Waals surface area (Å²) in [6.45, 7) is 10.5. The molecule has 24 heavy (non-hydrogen) atoms. The van der Waals surface area contributed by atoms with E-state index in [1.165, 1.54) is 5.56 Å². The van der Waals surface area contributed by atoms with E-state index in [1.807, 2.05) is 18.2 Å². The van der Waals surface area contributed by atoms with Gasteiger partial charge in [0.15, 0.2) is 0 Å². The van der Waals surface area contributed by atoms with Crippen LogP contribution < -0.4 is 5.46 Å². The van der Waals surface area contributed by atoms with Crippen LogP contribution >= 0.6 is 0 Å². The van der Waals surface area contributed by atoms with Gasteiger partial charge in [-0.25, -0.2) is 0 Å². The number of furan rings is 1. The molecule has 1 aromatic heterocycles. The van der Waals surface area contributed by atoms with Gasteiger partial charge in [-0.3, -0.25) is 0 Å². The number of hydrogen-bond donors (Lipinski definition) is 0. The summed E-state index contributed by atoms with van der Waals surface area (Å²) in [5.41, 5.74) is 3.41. The quantitative estimate of drug-likeness (QED) is 0.653. The topological polar surface area (TPSA) is 31.6 Å². The standard InChI is InChI=1S/C20H23BO3/c1-6-13-11-12-15(21-23-19(2,3)20(4,5)24-21)17-14-9-7-8-10-16(14)22-18(13)17/h7-12H,6H2,1-5H3. The first-order chi connectivity index (χ1) is 11.3. The second-order valence-electron chi connectivity index (χ2n) is 7.56. The smallest absolute Gasteiger partial charge is 0.456 e. The van der Waals surface area contributed by atoms with Crippen molar-refractivity contribution in [3.05, 3.63) is 42.0 Å². The Kier molecular flexibility index (Phi) is 3.35. The normalized spacial score (nSPS) is 19.5. The highest BCUT2D eigenvalue weighted by molar-refractivity contribution is 6.66. The first-order valence-electron chi connectivity index (χ1n) is 8.63. The van der Waals surface area contributed by atoms with E-state index in [0.29, 0.717) is 0 Å². The highest BCUT2D eigenvalue weighted by atomic mass is 16.7. The van der Waals surface area contributed by atoms with Gasteiger partial charge in [0.25, 0.3) is 0 Å². The molecule has 0 bridgehead atoms. The van der Waals surface area contributed by atoms with E-state index < -0.39 is 0 Å². The molecule has 0 aliphatic carbocycles. The summed E-state index contributed by atoms with van der Waals surface area (Å²) in [7, 11) is -0.385. The first-order valence-corrected chi connectivity index (χ1v) is 8.63. The summed E-state index contributed by atoms with van der Waals surface area (Å²) in [6.07, 6.45) is 0.931. The Morgan fingerprint density at radius 2 is 1.58 bits per heavy atom. The number of rotatable bonds is 2. The molecule has 1 saturated heterocycles. The van der Waals surface area contributed by atoms with Gasteiger partial charge in [-0.1, -0.05) is 37.3 Å². The fourth-order valence-electron chi connectivity index (χ4n) is 3.35. The lowest BCUT2D eigenvalue weighted by Crippen LogP contribution is -2.41. The molecule has 0 unspecified atom stereocenters. The van der Waals surface area contributed by atoms with Crippen molar-refractivity contribution in [1.82, 2.24) is 0 Å². The number of fused-ring (bicyclic) bond motifs is 3. The summed E-state index contributed by atoms with van der Waals surface area (Å²) >= 11 is 0. The fraction of sp³-hybridized carbons (Fsp3) is 0.400. The molecule has 1 fully saturated rings. The van der Waals surface area contributed by atoms with Crippen LogP contribution in [0.4, 0.5) is 0 Å². The predicted molar refractivity (Wildman–Crippen MR) is 98.8 cm³/mol. The van der Waals surface area contributed by atoms with Gasteiger partial charge in [0.05, 0.1) is 11.2 Å². The number of benzene rings is 2. The molecule has 2 aromatic carbocycles. The Balaban J connectivity index is 1.97. The third kappa shape index (κ3) is 2.13. The molecule has 3 nitrogen and oxygen atoms in total. The third-order valence-corrected chi connectivity index (χ3v) is 5.53. The molecular weight excluding hydrogens is 299 g/mol. The van der Waals surface area contributed by atoms with Crippen molar-refractivity contribution in [2.75, 3.05) is 0 Å². The van der Waals surface area contributed by atoms with E-state index in [4.69, 9.17) is 13.7 Å². The van der Waals surface area contributed by atoms with E-state index in [1.54, 1.807) is 0 Å². The Hall–Kier alpha value is -1.78. The van der Waals surface area contributed by atoms with Crippen LogP contribution in [0.3, 0.4) is 0 Å². The molecular formula is C20H23BO3. The zero-order valence-corrected chi connectivity index (χ0v) is 15.0. The van der Waals surface area contributed by atoms with E-state index >= 15 is 0 Å². The maximum Gasteiger partial charge on any atom is 0.495 e. The van der Waals surface area contributed by atoms with Gasteiger partial charge in [-0.2, -0.15) is 0 Å². The number of para-hydroxylation sites is 1. The van der Waals surface area contributed by atoms with Crippen molar-refractivity contribution in [3.63, 3.8) is 0 Å². The van der Waals surface area contributed by atoms with Crippen molar-refractivity contribution in [2.45, 2.75) is 52.2 Å². The van der Waals surface area contributed by atoms with E-state index in [0.717, 1.165) is 33.8 Å². The van der Waals surface area contributed by atoms with Crippen LogP contribution in [0.5, 0.6) is 0 Å². The van der Waals surface area contributed by atoms with Crippen LogP contribution in [0.25, 0.3) is 21.9 Å². The van der Waals surface area contributed by atoms with E-state index in [-0.39, 0.29) is 18.3 Å². The van der Waals surface area contributed by atoms with Crippen LogP contribution in [-0.2, 0) is 15.7 Å². The molecule has 124 valence electrons. The Morgan fingerprint density at radius 3 is 2.25 bits per heavy atom. The lowest BCUT2D eigenvalue weighted by molar-refractivity contribution is 0.00578. The van der Waals surface area contributed by atoms with E-state index in [2.05, 4.69) is 52.8 Å². The Morgan fingerprint density at radius 1 is 0.917 bits per heavy atom. The highest BCUT2D eigenvalue weighted by Gasteiger charge is 2.52. The average Bonchev–Trinajstić information content (AvgIpc) is 3.01. The van der Waals surface area contributed by atoms with Crippen molar-refractivity contribution in [1.29, 1.82) is 0 Å². The minimum atomic E-state index is -0.385. The van der Waals surface area contributed by atoms with Gasteiger partial charge in [0.2, 0.25) is 0 Å². The van der Waals surface area contributed by atoms with Crippen molar-refractivity contribution in [2.24, 2.45) is 0 Å². The van der Waals surface area contributed by atoms with Crippen LogP contribution in [0.2, 0.25) is 0 Å². The number of aryl methyl sites for hydroxylation is 1. The Labute approximate surface area is 143 Å². The van der Waals surface area contributed by atoms with Crippen LogP contribution in [0.1, 0.15) is 40.2 Å². The van der Waals surface area contributed by atoms with Crippen molar-refractivity contribution < 1.29 is 13.7 Å². The first kappa shape index (κ1) is 15.7. The number of hydrogen-bond acceptors (Lipinski definition) is 3. The van der Waals surface area contributed by atoms with Gasteiger partial charge in [0.1, 0.15) is 11.2 Å². The minimum Gasteiger partial charge on any atom is -0.456 e. The largest absolute Gasteiger partial charge is 0.495 e. The van der Waals surface area contributed by atoms with Gasteiger partial charge in [-0.05, 0) is 51.2 Å². The zero-order chi connectivity index (χ0) is 17.1. The van der Waals surface area contributed by atoms with Gasteiger partial charge < -0.3 is 13.7 Å². The molecule has 4 rings (SSSR count). The summed E-state index contributed by atoms with van der Waals surface area (Å²) < 4.78 is 18.7. The predicted octanol–water partition coefficient (Wildman–Crippen LogP) is 4.45. The van der Waals surface area contributed by atoms with Crippen LogP contribution in [-0.4, -0.2) is 18.3 Å². The molecule has 3 aromatic rings. The molecule has 1 aliphatic heterocycles. The molecule has 0 spiro atoms. The summed E-state index contributed by atoms with van der Waals surface area (Å²) in [5, 5.41) is 2.23. The lowest BCUT2D eigenvalue weighted by atomic mass is 9.75. The molecule has 0 N–H and O–H groups in total. The molecule has 0 radical (unpaired) electrons. The molecule has 4 heteroatoms. The molecule has 0 saturated carbocycles. The summed E-state index contributed by atoms with van der Waals surface area (Å²) in [4.78, 5) is 0. The van der Waals surface area contributed by atoms with E-state index in [9.17, 15) is 0 Å². The molecule has 1 aliphatic rings. The maximum atomic E-state index is 6.29. The summed E-state index contributed by atoms with van der Waals surface area (Å²) in [6, 6.07) is 12.4. The van der Waals surface area contributed by atoms with Gasteiger partial charge in [-0.15, -0.1) is 0 Å². The third-order valence-electron chi connectivity index (χ3n) is 5.53. The van der Waals surface area contributed by atoms with Gasteiger partial charge in [0, 0.05) is 10.8 Å². The molecule has 2 heterocycles. The minimum absolute atomic E-state index is 0.354. The average molecular weight is 322 g/mol. The SMILES string of the molecule is CCc1ccc(B2OC(C)(C)C(C)(C)O2)c2c1oc1ccccc12. The molecule has 0 amide bonds. The Bertz CT molecular complexity index is 907. The lowest BCUT2D eigenvalue weighted by Gasteiger charge is -2.32. The highest BCUT2D eigenvalue weighted by Crippen LogP contribution is 2.38. The van der Waals surface area contributed by atoms with Crippen molar-refractivity contribution in [3.8, 4) is 0 Å². The molecule has 0 atom stereocenters. The van der Waals surface area contributed by atoms with Crippen LogP contribution in [0.15, 0.2) is 40.8 Å². The monoisotopic (exact) mass is 322 g/mol. The van der Waals surface area contributed by atoms with Crippen LogP contribution in [0, 0.1) is 0 Å². The summed E-state index contributed by atoms with van der Waals surface area (Å²) in [5.74, 6) is 0. The fourth-order valence-corrected chi connectivity index (χ4v) is 3.35. The zero-order valence-electron chi connectivity index (χ0n) is 15.0. The second-order valence-corrected chi connectivity index (χ2v) is 7.56. The second kappa shape index (κ2) is 5.11. The maximum absolute atomic E-state index is 6.29.